The van der Waals surface area contributed by atoms with Crippen molar-refractivity contribution in [2.24, 2.45) is 0 Å². The average Bonchev–Trinajstić information content (AvgIpc) is 2.21. The van der Waals surface area contributed by atoms with Crippen molar-refractivity contribution in [3.8, 4) is 0 Å². The predicted molar refractivity (Wildman–Crippen MR) is 56.7 cm³/mol. The summed E-state index contributed by atoms with van der Waals surface area (Å²) in [6, 6.07) is 5.39. The van der Waals surface area contributed by atoms with E-state index in [0.29, 0.717) is 5.69 Å². The molecule has 0 aliphatic rings. The number of nitrogens with one attached hydrogen (secondary N) is 1. The molecule has 0 aliphatic carbocycles. The fourth-order valence-electron chi connectivity index (χ4n) is 0.895. The van der Waals surface area contributed by atoms with Crippen LogP contribution in [0.5, 0.6) is 0 Å². The number of carbonyl (C=O) groups excluding carboxylic acids is 1. The molecule has 0 aliphatic heterocycles. The summed E-state index contributed by atoms with van der Waals surface area (Å²) in [6.07, 6.45) is -0.957. The average molecular weight is 232 g/mol. The number of anilines is 1. The fourth-order valence-corrected chi connectivity index (χ4v) is 0.958. The van der Waals surface area contributed by atoms with Crippen LogP contribution in [-0.2, 0) is 4.74 Å². The van der Waals surface area contributed by atoms with Gasteiger partial charge in [-0.05, 0) is 31.2 Å². The molecule has 3 nitrogen and oxygen atoms in total. The third-order valence-corrected chi connectivity index (χ3v) is 2.05. The molecule has 0 radical (unpaired) electrons. The van der Waals surface area contributed by atoms with Crippen LogP contribution >= 0.6 is 11.6 Å². The summed E-state index contributed by atoms with van der Waals surface area (Å²) in [5.41, 5.74) is 0.475. The number of ether oxygens (including phenoxy) is 1. The predicted octanol–water partition coefficient (Wildman–Crippen LogP) is 3.00. The Morgan fingerprint density at radius 1 is 1.53 bits per heavy atom. The van der Waals surface area contributed by atoms with E-state index in [2.05, 4.69) is 5.32 Å². The standard InChI is InChI=1S/C10H11ClFNO2/c1-7(6-11)15-10(14)13-9-4-2-8(12)3-5-9/h2-5,7H,6H2,1H3,(H,13,14). The number of hydrogen-bond donors (Lipinski definition) is 1. The van der Waals surface area contributed by atoms with Crippen LogP contribution < -0.4 is 5.32 Å². The van der Waals surface area contributed by atoms with Crippen molar-refractivity contribution in [1.29, 1.82) is 0 Å². The van der Waals surface area contributed by atoms with Gasteiger partial charge in [-0.1, -0.05) is 0 Å². The number of amides is 1. The van der Waals surface area contributed by atoms with Crippen molar-refractivity contribution in [2.75, 3.05) is 11.2 Å². The largest absolute Gasteiger partial charge is 0.445 e. The Labute approximate surface area is 92.2 Å². The number of rotatable bonds is 3. The van der Waals surface area contributed by atoms with Gasteiger partial charge in [-0.25, -0.2) is 9.18 Å². The van der Waals surface area contributed by atoms with Gasteiger partial charge in [-0.15, -0.1) is 11.6 Å². The highest BCUT2D eigenvalue weighted by atomic mass is 35.5. The Morgan fingerprint density at radius 2 is 2.13 bits per heavy atom. The third kappa shape index (κ3) is 4.16. The van der Waals surface area contributed by atoms with Crippen LogP contribution in [0, 0.1) is 5.82 Å². The second kappa shape index (κ2) is 5.56. The van der Waals surface area contributed by atoms with E-state index in [1.165, 1.54) is 24.3 Å². The lowest BCUT2D eigenvalue weighted by Crippen LogP contribution is -2.21. The highest BCUT2D eigenvalue weighted by molar-refractivity contribution is 6.18. The molecule has 0 saturated heterocycles. The first-order chi connectivity index (χ1) is 7.11. The van der Waals surface area contributed by atoms with E-state index in [1.807, 2.05) is 0 Å². The molecule has 0 bridgehead atoms. The highest BCUT2D eigenvalue weighted by Gasteiger charge is 2.07. The van der Waals surface area contributed by atoms with Crippen molar-refractivity contribution in [2.45, 2.75) is 13.0 Å². The summed E-state index contributed by atoms with van der Waals surface area (Å²) in [6.45, 7) is 1.68. The first-order valence-corrected chi connectivity index (χ1v) is 4.94. The normalized spacial score (nSPS) is 11.9. The number of alkyl halides is 1. The Morgan fingerprint density at radius 3 is 2.67 bits per heavy atom. The van der Waals surface area contributed by atoms with E-state index in [1.54, 1.807) is 6.92 Å². The Balaban J connectivity index is 2.48. The molecule has 0 fully saturated rings. The van der Waals surface area contributed by atoms with Gasteiger partial charge in [0.05, 0.1) is 5.88 Å². The van der Waals surface area contributed by atoms with E-state index in [9.17, 15) is 9.18 Å². The second-order valence-corrected chi connectivity index (χ2v) is 3.31. The monoisotopic (exact) mass is 231 g/mol. The Bertz CT molecular complexity index is 329. The lowest BCUT2D eigenvalue weighted by atomic mass is 10.3. The van der Waals surface area contributed by atoms with Crippen LogP contribution in [0.2, 0.25) is 0 Å². The molecule has 1 aromatic carbocycles. The molecule has 15 heavy (non-hydrogen) atoms. The van der Waals surface area contributed by atoms with Crippen molar-refractivity contribution in [1.82, 2.24) is 0 Å². The van der Waals surface area contributed by atoms with Crippen LogP contribution in [0.1, 0.15) is 6.92 Å². The quantitative estimate of drug-likeness (QED) is 0.813. The third-order valence-electron chi connectivity index (χ3n) is 1.62. The Hall–Kier alpha value is -1.29. The maximum atomic E-state index is 12.5. The molecule has 0 spiro atoms. The van der Waals surface area contributed by atoms with Gasteiger partial charge in [0.1, 0.15) is 11.9 Å². The van der Waals surface area contributed by atoms with Crippen molar-refractivity contribution in [3.05, 3.63) is 30.1 Å². The molecule has 1 aromatic rings. The Kier molecular flexibility index (Phi) is 4.37. The van der Waals surface area contributed by atoms with Crippen LogP contribution in [-0.4, -0.2) is 18.1 Å². The highest BCUT2D eigenvalue weighted by Crippen LogP contribution is 2.09. The molecule has 5 heteroatoms. The van der Waals surface area contributed by atoms with Crippen LogP contribution in [0.3, 0.4) is 0 Å². The van der Waals surface area contributed by atoms with Crippen LogP contribution in [0.25, 0.3) is 0 Å². The fraction of sp³-hybridized carbons (Fsp3) is 0.300. The van der Waals surface area contributed by atoms with Gasteiger partial charge >= 0.3 is 6.09 Å². The van der Waals surface area contributed by atoms with Gasteiger partial charge in [0.15, 0.2) is 0 Å². The van der Waals surface area contributed by atoms with Crippen molar-refractivity contribution in [3.63, 3.8) is 0 Å². The molecule has 82 valence electrons. The maximum absolute atomic E-state index is 12.5. The maximum Gasteiger partial charge on any atom is 0.411 e. The van der Waals surface area contributed by atoms with Crippen LogP contribution in [0.15, 0.2) is 24.3 Å². The zero-order valence-corrected chi connectivity index (χ0v) is 8.92. The van der Waals surface area contributed by atoms with Crippen molar-refractivity contribution >= 4 is 23.4 Å². The van der Waals surface area contributed by atoms with Gasteiger partial charge in [-0.2, -0.15) is 0 Å². The summed E-state index contributed by atoms with van der Waals surface area (Å²) in [4.78, 5) is 11.2. The van der Waals surface area contributed by atoms with Gasteiger partial charge in [0.25, 0.3) is 0 Å². The van der Waals surface area contributed by atoms with E-state index in [-0.39, 0.29) is 17.8 Å². The minimum Gasteiger partial charge on any atom is -0.445 e. The lowest BCUT2D eigenvalue weighted by molar-refractivity contribution is 0.131. The van der Waals surface area contributed by atoms with Gasteiger partial charge in [-0.3, -0.25) is 5.32 Å². The second-order valence-electron chi connectivity index (χ2n) is 3.00. The minimum absolute atomic E-state index is 0.233. The molecule has 0 saturated carbocycles. The minimum atomic E-state index is -0.602. The van der Waals surface area contributed by atoms with Gasteiger partial charge in [0, 0.05) is 5.69 Å². The zero-order valence-electron chi connectivity index (χ0n) is 8.17. The molecule has 1 N–H and O–H groups in total. The molecule has 1 unspecified atom stereocenters. The van der Waals surface area contributed by atoms with Gasteiger partial charge in [0.2, 0.25) is 0 Å². The topological polar surface area (TPSA) is 38.3 Å². The number of halogens is 2. The summed E-state index contributed by atoms with van der Waals surface area (Å²) < 4.78 is 17.4. The number of hydrogen-bond acceptors (Lipinski definition) is 2. The van der Waals surface area contributed by atoms with E-state index in [0.717, 1.165) is 0 Å². The number of benzene rings is 1. The summed E-state index contributed by atoms with van der Waals surface area (Å²) in [5, 5.41) is 2.45. The molecule has 1 atom stereocenters. The SMILES string of the molecule is CC(CCl)OC(=O)Nc1ccc(F)cc1. The summed E-state index contributed by atoms with van der Waals surface area (Å²) in [7, 11) is 0. The van der Waals surface area contributed by atoms with Crippen LogP contribution in [0.4, 0.5) is 14.9 Å². The summed E-state index contributed by atoms with van der Waals surface area (Å²) in [5.74, 6) is -0.125. The zero-order chi connectivity index (χ0) is 11.3. The van der Waals surface area contributed by atoms with Gasteiger partial charge < -0.3 is 4.74 Å². The number of carbonyl (C=O) groups is 1. The first kappa shape index (κ1) is 11.8. The molecular formula is C10H11ClFNO2. The molecule has 1 amide bonds. The molecular weight excluding hydrogens is 221 g/mol. The molecule has 1 rings (SSSR count). The lowest BCUT2D eigenvalue weighted by Gasteiger charge is -2.10. The molecule has 0 heterocycles. The first-order valence-electron chi connectivity index (χ1n) is 4.41. The van der Waals surface area contributed by atoms with E-state index in [4.69, 9.17) is 16.3 Å². The summed E-state index contributed by atoms with van der Waals surface area (Å²) >= 11 is 5.47. The smallest absolute Gasteiger partial charge is 0.411 e. The van der Waals surface area contributed by atoms with E-state index < -0.39 is 6.09 Å². The van der Waals surface area contributed by atoms with Crippen molar-refractivity contribution < 1.29 is 13.9 Å². The van der Waals surface area contributed by atoms with E-state index >= 15 is 0 Å². The molecule has 0 aromatic heterocycles.